The number of amides is 1. The normalized spacial score (nSPS) is 13.5. The number of aromatic amines is 1. The highest BCUT2D eigenvalue weighted by Gasteiger charge is 2.27. The molecule has 0 saturated heterocycles. The molecule has 0 aliphatic rings. The van der Waals surface area contributed by atoms with Gasteiger partial charge in [-0.2, -0.15) is 5.10 Å². The molecule has 0 aliphatic carbocycles. The van der Waals surface area contributed by atoms with Gasteiger partial charge in [-0.25, -0.2) is 8.42 Å². The molecule has 20 heavy (non-hydrogen) atoms. The summed E-state index contributed by atoms with van der Waals surface area (Å²) in [5, 5.41) is 9.01. The minimum atomic E-state index is -4.02. The Morgan fingerprint density at radius 2 is 2.00 bits per heavy atom. The molecule has 1 aromatic rings. The predicted molar refractivity (Wildman–Crippen MR) is 77.3 cm³/mol. The van der Waals surface area contributed by atoms with Crippen LogP contribution in [0.3, 0.4) is 0 Å². The molecular formula is C12H20ClN3O3S. The van der Waals surface area contributed by atoms with E-state index >= 15 is 0 Å². The van der Waals surface area contributed by atoms with Crippen LogP contribution in [0.4, 0.5) is 0 Å². The Hall–Kier alpha value is -1.08. The van der Waals surface area contributed by atoms with Gasteiger partial charge in [0.05, 0.1) is 5.69 Å². The van der Waals surface area contributed by atoms with Crippen LogP contribution < -0.4 is 5.32 Å². The van der Waals surface area contributed by atoms with Gasteiger partial charge in [-0.15, -0.1) is 0 Å². The molecule has 0 spiro atoms. The lowest BCUT2D eigenvalue weighted by molar-refractivity contribution is 0.0936. The molecule has 0 radical (unpaired) electrons. The molecule has 114 valence electrons. The summed E-state index contributed by atoms with van der Waals surface area (Å²) in [7, 11) is 1.36. The molecule has 0 bridgehead atoms. The van der Waals surface area contributed by atoms with Gasteiger partial charge in [-0.3, -0.25) is 9.89 Å². The molecule has 1 aromatic heterocycles. The molecular weight excluding hydrogens is 302 g/mol. The number of aryl methyl sites for hydroxylation is 1. The molecule has 1 rings (SSSR count). The minimum Gasteiger partial charge on any atom is -0.350 e. The molecule has 8 heteroatoms. The minimum absolute atomic E-state index is 0.173. The van der Waals surface area contributed by atoms with Crippen LogP contribution in [0.2, 0.25) is 0 Å². The standard InChI is InChI=1S/C12H20ClN3O3S/c1-5-9-11(20(13,18)19)10(16-15-9)12(17)14-6-8(4)7(2)3/h7-8H,5-6H2,1-4H3,(H,14,17)(H,15,16). The van der Waals surface area contributed by atoms with Crippen molar-refractivity contribution in [2.24, 2.45) is 11.8 Å². The first-order valence-electron chi connectivity index (χ1n) is 6.48. The van der Waals surface area contributed by atoms with Gasteiger partial charge in [0.2, 0.25) is 0 Å². The van der Waals surface area contributed by atoms with E-state index in [1.54, 1.807) is 6.92 Å². The Morgan fingerprint density at radius 1 is 1.40 bits per heavy atom. The summed E-state index contributed by atoms with van der Waals surface area (Å²) in [4.78, 5) is 11.8. The SMILES string of the molecule is CCc1[nH]nc(C(=O)NCC(C)C(C)C)c1S(=O)(=O)Cl. The van der Waals surface area contributed by atoms with E-state index in [1.807, 2.05) is 6.92 Å². The van der Waals surface area contributed by atoms with Crippen molar-refractivity contribution in [3.63, 3.8) is 0 Å². The van der Waals surface area contributed by atoms with E-state index in [0.29, 0.717) is 24.6 Å². The van der Waals surface area contributed by atoms with Crippen LogP contribution in [-0.4, -0.2) is 31.1 Å². The van der Waals surface area contributed by atoms with Gasteiger partial charge in [0.15, 0.2) is 5.69 Å². The largest absolute Gasteiger partial charge is 0.350 e. The van der Waals surface area contributed by atoms with Crippen LogP contribution in [0.25, 0.3) is 0 Å². The lowest BCUT2D eigenvalue weighted by Gasteiger charge is -2.15. The van der Waals surface area contributed by atoms with Gasteiger partial charge < -0.3 is 5.32 Å². The van der Waals surface area contributed by atoms with Crippen LogP contribution in [0, 0.1) is 11.8 Å². The molecule has 0 fully saturated rings. The number of H-pyrrole nitrogens is 1. The molecule has 6 nitrogen and oxygen atoms in total. The number of nitrogens with one attached hydrogen (secondary N) is 2. The van der Waals surface area contributed by atoms with Crippen molar-refractivity contribution >= 4 is 25.6 Å². The number of halogens is 1. The first-order chi connectivity index (χ1) is 9.18. The van der Waals surface area contributed by atoms with E-state index in [4.69, 9.17) is 10.7 Å². The van der Waals surface area contributed by atoms with Crippen molar-refractivity contribution in [3.8, 4) is 0 Å². The summed E-state index contributed by atoms with van der Waals surface area (Å²) >= 11 is 0. The third-order valence-corrected chi connectivity index (χ3v) is 4.72. The molecule has 1 amide bonds. The first-order valence-corrected chi connectivity index (χ1v) is 8.79. The van der Waals surface area contributed by atoms with Crippen LogP contribution >= 0.6 is 10.7 Å². The maximum Gasteiger partial charge on any atom is 0.273 e. The zero-order valence-corrected chi connectivity index (χ0v) is 13.6. The van der Waals surface area contributed by atoms with Gasteiger partial charge in [-0.1, -0.05) is 27.7 Å². The molecule has 1 heterocycles. The highest BCUT2D eigenvalue weighted by molar-refractivity contribution is 8.13. The predicted octanol–water partition coefficient (Wildman–Crippen LogP) is 1.92. The van der Waals surface area contributed by atoms with Crippen LogP contribution in [0.15, 0.2) is 4.90 Å². The van der Waals surface area contributed by atoms with Gasteiger partial charge >= 0.3 is 0 Å². The van der Waals surface area contributed by atoms with Gasteiger partial charge in [0.25, 0.3) is 15.0 Å². The van der Waals surface area contributed by atoms with E-state index in [0.717, 1.165) is 0 Å². The molecule has 0 saturated carbocycles. The number of rotatable bonds is 6. The topological polar surface area (TPSA) is 91.9 Å². The Morgan fingerprint density at radius 3 is 2.45 bits per heavy atom. The van der Waals surface area contributed by atoms with E-state index in [-0.39, 0.29) is 16.5 Å². The Balaban J connectivity index is 2.97. The molecule has 1 atom stereocenters. The van der Waals surface area contributed by atoms with Crippen molar-refractivity contribution in [2.75, 3.05) is 6.54 Å². The van der Waals surface area contributed by atoms with Crippen molar-refractivity contribution < 1.29 is 13.2 Å². The third kappa shape index (κ3) is 3.96. The van der Waals surface area contributed by atoms with E-state index in [1.165, 1.54) is 0 Å². The highest BCUT2D eigenvalue weighted by atomic mass is 35.7. The summed E-state index contributed by atoms with van der Waals surface area (Å²) < 4.78 is 23.1. The van der Waals surface area contributed by atoms with Gasteiger partial charge in [-0.05, 0) is 18.3 Å². The fraction of sp³-hybridized carbons (Fsp3) is 0.667. The fourth-order valence-electron chi connectivity index (χ4n) is 1.60. The Bertz CT molecular complexity index is 581. The smallest absolute Gasteiger partial charge is 0.273 e. The Labute approximate surface area is 123 Å². The fourth-order valence-corrected chi connectivity index (χ4v) is 2.95. The van der Waals surface area contributed by atoms with Crippen molar-refractivity contribution in [1.29, 1.82) is 0 Å². The zero-order chi connectivity index (χ0) is 15.5. The Kier molecular flexibility index (Phi) is 5.59. The van der Waals surface area contributed by atoms with E-state index in [2.05, 4.69) is 29.4 Å². The monoisotopic (exact) mass is 321 g/mol. The number of hydrogen-bond donors (Lipinski definition) is 2. The lowest BCUT2D eigenvalue weighted by atomic mass is 9.98. The van der Waals surface area contributed by atoms with E-state index < -0.39 is 15.0 Å². The molecule has 0 aliphatic heterocycles. The van der Waals surface area contributed by atoms with Crippen LogP contribution in [0.5, 0.6) is 0 Å². The van der Waals surface area contributed by atoms with Crippen molar-refractivity contribution in [3.05, 3.63) is 11.4 Å². The second kappa shape index (κ2) is 6.58. The van der Waals surface area contributed by atoms with Gasteiger partial charge in [0, 0.05) is 17.2 Å². The maximum absolute atomic E-state index is 12.1. The molecule has 1 unspecified atom stereocenters. The van der Waals surface area contributed by atoms with Crippen LogP contribution in [0.1, 0.15) is 43.9 Å². The molecule has 2 N–H and O–H groups in total. The number of carbonyl (C=O) groups excluding carboxylic acids is 1. The number of carbonyl (C=O) groups is 1. The van der Waals surface area contributed by atoms with Crippen molar-refractivity contribution in [2.45, 2.75) is 39.0 Å². The summed E-state index contributed by atoms with van der Waals surface area (Å²) in [6.45, 7) is 8.31. The first kappa shape index (κ1) is 17.0. The summed E-state index contributed by atoms with van der Waals surface area (Å²) in [5.74, 6) is 0.157. The van der Waals surface area contributed by atoms with Crippen LogP contribution in [-0.2, 0) is 15.5 Å². The second-order valence-electron chi connectivity index (χ2n) is 5.10. The number of aromatic nitrogens is 2. The average Bonchev–Trinajstić information content (AvgIpc) is 2.78. The second-order valence-corrected chi connectivity index (χ2v) is 7.61. The highest BCUT2D eigenvalue weighted by Crippen LogP contribution is 2.23. The average molecular weight is 322 g/mol. The summed E-state index contributed by atoms with van der Waals surface area (Å²) in [6.07, 6.45) is 0.393. The van der Waals surface area contributed by atoms with Gasteiger partial charge in [0.1, 0.15) is 4.90 Å². The molecule has 0 aromatic carbocycles. The maximum atomic E-state index is 12.1. The summed E-state index contributed by atoms with van der Waals surface area (Å²) in [6, 6.07) is 0. The van der Waals surface area contributed by atoms with E-state index in [9.17, 15) is 13.2 Å². The summed E-state index contributed by atoms with van der Waals surface area (Å²) in [5.41, 5.74) is 0.162. The zero-order valence-electron chi connectivity index (χ0n) is 12.0. The number of nitrogens with zero attached hydrogens (tertiary/aromatic N) is 1. The lowest BCUT2D eigenvalue weighted by Crippen LogP contribution is -2.31. The number of hydrogen-bond acceptors (Lipinski definition) is 4. The third-order valence-electron chi connectivity index (χ3n) is 3.33. The van der Waals surface area contributed by atoms with Crippen molar-refractivity contribution in [1.82, 2.24) is 15.5 Å². The quantitative estimate of drug-likeness (QED) is 0.783.